The van der Waals surface area contributed by atoms with Gasteiger partial charge in [0.05, 0.1) is 0 Å². The Kier molecular flexibility index (Phi) is 10.9. The number of aliphatic hydroxyl groups excluding tert-OH is 2. The lowest BCUT2D eigenvalue weighted by molar-refractivity contribution is -0.117. The number of aliphatic hydroxyl groups is 2. The van der Waals surface area contributed by atoms with Crippen molar-refractivity contribution in [2.75, 3.05) is 0 Å². The van der Waals surface area contributed by atoms with E-state index >= 15 is 0 Å². The van der Waals surface area contributed by atoms with Crippen LogP contribution in [0.5, 0.6) is 11.5 Å². The molecule has 0 aliphatic heterocycles. The van der Waals surface area contributed by atoms with Crippen LogP contribution in [0.15, 0.2) is 72.8 Å². The molecule has 2 rings (SSSR count). The Labute approximate surface area is 207 Å². The number of hydrogen-bond acceptors (Lipinski definition) is 6. The monoisotopic (exact) mass is 480 g/mol. The van der Waals surface area contributed by atoms with Crippen LogP contribution in [0.1, 0.15) is 64.5 Å². The minimum absolute atomic E-state index is 0.0438. The van der Waals surface area contributed by atoms with Crippen molar-refractivity contribution in [2.45, 2.75) is 71.4 Å². The Bertz CT molecular complexity index is 921. The van der Waals surface area contributed by atoms with Gasteiger partial charge in [-0.15, -0.1) is 0 Å². The number of allylic oxidation sites excluding steroid dienone is 4. The summed E-state index contributed by atoms with van der Waals surface area (Å²) in [7, 11) is 0. The molecule has 188 valence electrons. The minimum Gasteiger partial charge on any atom is -0.465 e. The Morgan fingerprint density at radius 2 is 1.09 bits per heavy atom. The first-order valence-corrected chi connectivity index (χ1v) is 11.9. The maximum atomic E-state index is 11.6. The summed E-state index contributed by atoms with van der Waals surface area (Å²) in [6.45, 7) is 7.75. The number of carbonyl (C=O) groups is 2. The summed E-state index contributed by atoms with van der Waals surface area (Å²) in [5, 5.41) is 20.1. The lowest BCUT2D eigenvalue weighted by atomic mass is 9.78. The van der Waals surface area contributed by atoms with Gasteiger partial charge in [0.25, 0.3) is 0 Å². The largest absolute Gasteiger partial charge is 0.465 e. The van der Waals surface area contributed by atoms with Gasteiger partial charge in [0.1, 0.15) is 11.5 Å². The third kappa shape index (κ3) is 9.15. The molecule has 6 heteroatoms. The van der Waals surface area contributed by atoms with Crippen molar-refractivity contribution in [2.24, 2.45) is 0 Å². The highest BCUT2D eigenvalue weighted by atomic mass is 16.6. The summed E-state index contributed by atoms with van der Waals surface area (Å²) in [6.07, 6.45) is 5.13. The van der Waals surface area contributed by atoms with Crippen molar-refractivity contribution in [1.29, 1.82) is 0 Å². The average Bonchev–Trinajstić information content (AvgIpc) is 2.82. The highest BCUT2D eigenvalue weighted by Crippen LogP contribution is 2.33. The van der Waals surface area contributed by atoms with Gasteiger partial charge < -0.3 is 19.7 Å². The molecule has 0 bridgehead atoms. The molecule has 0 saturated carbocycles. The predicted molar refractivity (Wildman–Crippen MR) is 136 cm³/mol. The van der Waals surface area contributed by atoms with E-state index in [1.54, 1.807) is 50.3 Å². The molecule has 0 aromatic heterocycles. The average molecular weight is 481 g/mol. The molecular weight excluding hydrogens is 444 g/mol. The fourth-order valence-corrected chi connectivity index (χ4v) is 3.57. The van der Waals surface area contributed by atoms with Crippen LogP contribution in [0.25, 0.3) is 0 Å². The smallest absolute Gasteiger partial charge is 0.197 e. The van der Waals surface area contributed by atoms with Gasteiger partial charge in [-0.2, -0.15) is 0 Å². The summed E-state index contributed by atoms with van der Waals surface area (Å²) in [6, 6.07) is 15.0. The van der Waals surface area contributed by atoms with Gasteiger partial charge in [0, 0.05) is 31.1 Å². The van der Waals surface area contributed by atoms with Crippen LogP contribution in [-0.4, -0.2) is 34.4 Å². The third-order valence-corrected chi connectivity index (χ3v) is 5.68. The Morgan fingerprint density at radius 1 is 0.743 bits per heavy atom. The molecule has 0 spiro atoms. The van der Waals surface area contributed by atoms with Crippen molar-refractivity contribution < 1.29 is 29.3 Å². The van der Waals surface area contributed by atoms with E-state index in [0.717, 1.165) is 11.1 Å². The standard InChI is InChI=1S/C29H36O6/c1-5-7-23(30)13-19-27(32)34-25-15-9-21(10-16-25)29(3,4)22-11-17-26(18-12-22)35-28(33)20-14-24(31)8-6-2/h5-12,15-18,27-28,32-33H,13-14,19-20H2,1-4H3. The zero-order valence-electron chi connectivity index (χ0n) is 20.9. The van der Waals surface area contributed by atoms with E-state index in [2.05, 4.69) is 13.8 Å². The van der Waals surface area contributed by atoms with Gasteiger partial charge in [-0.25, -0.2) is 0 Å². The second-order valence-electron chi connectivity index (χ2n) is 8.83. The zero-order chi connectivity index (χ0) is 25.8. The van der Waals surface area contributed by atoms with Crippen LogP contribution in [0, 0.1) is 0 Å². The third-order valence-electron chi connectivity index (χ3n) is 5.68. The number of benzene rings is 2. The molecule has 2 unspecified atom stereocenters. The maximum absolute atomic E-state index is 11.6. The Hall–Kier alpha value is -3.22. The summed E-state index contributed by atoms with van der Waals surface area (Å²) < 4.78 is 11.1. The highest BCUT2D eigenvalue weighted by Gasteiger charge is 2.23. The van der Waals surface area contributed by atoms with Crippen molar-refractivity contribution in [3.05, 3.63) is 84.0 Å². The quantitative estimate of drug-likeness (QED) is 0.283. The number of ketones is 2. The fraction of sp³-hybridized carbons (Fsp3) is 0.379. The first-order valence-electron chi connectivity index (χ1n) is 11.9. The molecule has 0 radical (unpaired) electrons. The fourth-order valence-electron chi connectivity index (χ4n) is 3.57. The molecule has 0 heterocycles. The maximum Gasteiger partial charge on any atom is 0.197 e. The van der Waals surface area contributed by atoms with Gasteiger partial charge in [0.2, 0.25) is 0 Å². The van der Waals surface area contributed by atoms with Crippen LogP contribution >= 0.6 is 0 Å². The topological polar surface area (TPSA) is 93.1 Å². The van der Waals surface area contributed by atoms with E-state index in [-0.39, 0.29) is 42.7 Å². The summed E-state index contributed by atoms with van der Waals surface area (Å²) in [4.78, 5) is 23.1. The molecule has 35 heavy (non-hydrogen) atoms. The SMILES string of the molecule is CC=CC(=O)CCC(O)Oc1ccc(C(C)(C)c2ccc(OC(O)CCC(=O)C=CC)cc2)cc1. The summed E-state index contributed by atoms with van der Waals surface area (Å²) >= 11 is 0. The lowest BCUT2D eigenvalue weighted by Gasteiger charge is -2.27. The van der Waals surface area contributed by atoms with E-state index in [4.69, 9.17) is 9.47 Å². The van der Waals surface area contributed by atoms with E-state index in [1.165, 1.54) is 12.2 Å². The molecule has 2 N–H and O–H groups in total. The van der Waals surface area contributed by atoms with Crippen LogP contribution in [-0.2, 0) is 15.0 Å². The number of rotatable bonds is 14. The number of hydrogen-bond donors (Lipinski definition) is 2. The molecule has 0 fully saturated rings. The normalized spacial score (nSPS) is 13.7. The van der Waals surface area contributed by atoms with Crippen molar-refractivity contribution in [3.8, 4) is 11.5 Å². The highest BCUT2D eigenvalue weighted by molar-refractivity contribution is 5.89. The lowest BCUT2D eigenvalue weighted by Crippen LogP contribution is -2.20. The second-order valence-corrected chi connectivity index (χ2v) is 8.83. The first kappa shape index (κ1) is 28.0. The van der Waals surface area contributed by atoms with Crippen LogP contribution < -0.4 is 9.47 Å². The van der Waals surface area contributed by atoms with E-state index in [0.29, 0.717) is 11.5 Å². The molecule has 0 aliphatic rings. The molecule has 0 saturated heterocycles. The summed E-state index contributed by atoms with van der Waals surface area (Å²) in [5.41, 5.74) is 1.80. The van der Waals surface area contributed by atoms with Crippen molar-refractivity contribution in [3.63, 3.8) is 0 Å². The summed E-state index contributed by atoms with van der Waals surface area (Å²) in [5.74, 6) is 0.970. The predicted octanol–water partition coefficient (Wildman–Crippen LogP) is 5.26. The van der Waals surface area contributed by atoms with E-state index < -0.39 is 12.6 Å². The van der Waals surface area contributed by atoms with Gasteiger partial charge in [0.15, 0.2) is 24.1 Å². The first-order chi connectivity index (χ1) is 16.6. The van der Waals surface area contributed by atoms with Crippen LogP contribution in [0.3, 0.4) is 0 Å². The molecule has 2 atom stereocenters. The van der Waals surface area contributed by atoms with Gasteiger partial charge >= 0.3 is 0 Å². The van der Waals surface area contributed by atoms with Crippen molar-refractivity contribution in [1.82, 2.24) is 0 Å². The zero-order valence-corrected chi connectivity index (χ0v) is 20.9. The van der Waals surface area contributed by atoms with Crippen LogP contribution in [0.2, 0.25) is 0 Å². The molecule has 2 aromatic rings. The molecule has 0 amide bonds. The van der Waals surface area contributed by atoms with E-state index in [1.807, 2.05) is 24.3 Å². The molecule has 0 aliphatic carbocycles. The number of carbonyl (C=O) groups excluding carboxylic acids is 2. The second kappa shape index (κ2) is 13.6. The molecule has 6 nitrogen and oxygen atoms in total. The Morgan fingerprint density at radius 3 is 1.40 bits per heavy atom. The van der Waals surface area contributed by atoms with Gasteiger partial charge in [-0.1, -0.05) is 50.3 Å². The van der Waals surface area contributed by atoms with Crippen molar-refractivity contribution >= 4 is 11.6 Å². The molecular formula is C29H36O6. The minimum atomic E-state index is -1.05. The molecule has 2 aromatic carbocycles. The Balaban J connectivity index is 1.95. The van der Waals surface area contributed by atoms with Gasteiger partial charge in [-0.3, -0.25) is 9.59 Å². The van der Waals surface area contributed by atoms with Crippen LogP contribution in [0.4, 0.5) is 0 Å². The van der Waals surface area contributed by atoms with E-state index in [9.17, 15) is 19.8 Å². The number of ether oxygens (including phenoxy) is 2. The van der Waals surface area contributed by atoms with Gasteiger partial charge in [-0.05, 0) is 61.4 Å².